The molecule has 6 atom stereocenters. The first-order valence-corrected chi connectivity index (χ1v) is 18.6. The van der Waals surface area contributed by atoms with Gasteiger partial charge in [0.05, 0.1) is 22.4 Å². The maximum atomic E-state index is 14.4. The van der Waals surface area contributed by atoms with Crippen LogP contribution >= 0.6 is 18.9 Å². The standard InChI is InChI=1S/C34H36FN4O6PS/c35-30(46(43,44)45)21-10-13-28-22(16-21)17-29(47-28)31(40)37-26-9-5-4-8-23-11-12-27(39(23)32(26)41)33(42)38-19-24(20-6-2-1-3-7-20)25(18-36)34(38)14-15-34/h1-3,6-7,10,13,16-17,23-27,30H,4-5,8-9,11-12,14-15,19H2,(H,37,40)(H2,43,44,45)/t23-,24-,25-,26-,27-,30-/m0/s1. The van der Waals surface area contributed by atoms with E-state index in [0.29, 0.717) is 35.9 Å². The van der Waals surface area contributed by atoms with E-state index in [4.69, 9.17) is 0 Å². The van der Waals surface area contributed by atoms with E-state index in [9.17, 15) is 38.4 Å². The zero-order valence-corrected chi connectivity index (χ0v) is 27.3. The van der Waals surface area contributed by atoms with Gasteiger partial charge in [-0.3, -0.25) is 18.9 Å². The predicted molar refractivity (Wildman–Crippen MR) is 173 cm³/mol. The molecule has 1 saturated carbocycles. The number of fused-ring (bicyclic) bond motifs is 2. The molecule has 3 aliphatic heterocycles. The second kappa shape index (κ2) is 12.1. The van der Waals surface area contributed by atoms with Crippen molar-refractivity contribution >= 4 is 46.7 Å². The third-order valence-corrected chi connectivity index (χ3v) is 12.6. The number of carbonyl (C=O) groups is 3. The number of thiophene rings is 1. The lowest BCUT2D eigenvalue weighted by molar-refractivity contribution is -0.148. The number of nitrogens with one attached hydrogen (secondary N) is 1. The zero-order chi connectivity index (χ0) is 33.1. The Balaban J connectivity index is 1.11. The summed E-state index contributed by atoms with van der Waals surface area (Å²) in [5, 5.41) is 13.6. The number of hydrogen-bond acceptors (Lipinski definition) is 6. The average molecular weight is 679 g/mol. The van der Waals surface area contributed by atoms with Gasteiger partial charge in [-0.25, -0.2) is 4.39 Å². The number of likely N-dealkylation sites (tertiary alicyclic amines) is 1. The number of amides is 3. The molecule has 10 nitrogen and oxygen atoms in total. The number of nitriles is 1. The molecule has 1 aromatic heterocycles. The highest BCUT2D eigenvalue weighted by Gasteiger charge is 2.64. The van der Waals surface area contributed by atoms with Crippen molar-refractivity contribution in [3.8, 4) is 6.07 Å². The first-order chi connectivity index (χ1) is 22.5. The Bertz CT molecular complexity index is 1820. The summed E-state index contributed by atoms with van der Waals surface area (Å²) >= 11 is 1.14. The van der Waals surface area contributed by atoms with Crippen molar-refractivity contribution in [3.63, 3.8) is 0 Å². The first kappa shape index (κ1) is 32.0. The van der Waals surface area contributed by atoms with E-state index in [0.717, 1.165) is 49.0 Å². The second-order valence-corrected chi connectivity index (χ2v) is 16.0. The van der Waals surface area contributed by atoms with Gasteiger partial charge in [0.2, 0.25) is 17.7 Å². The molecule has 3 saturated heterocycles. The minimum atomic E-state index is -4.99. The predicted octanol–water partition coefficient (Wildman–Crippen LogP) is 5.38. The van der Waals surface area contributed by atoms with Crippen LogP contribution < -0.4 is 5.32 Å². The Morgan fingerprint density at radius 1 is 1.06 bits per heavy atom. The van der Waals surface area contributed by atoms with E-state index in [1.165, 1.54) is 24.3 Å². The van der Waals surface area contributed by atoms with Gasteiger partial charge in [0.1, 0.15) is 12.1 Å². The Labute approximate surface area is 275 Å². The third-order valence-electron chi connectivity index (χ3n) is 10.6. The molecular formula is C34H36FN4O6PS. The van der Waals surface area contributed by atoms with Crippen molar-refractivity contribution in [1.82, 2.24) is 15.1 Å². The van der Waals surface area contributed by atoms with Gasteiger partial charge in [0.15, 0.2) is 0 Å². The van der Waals surface area contributed by atoms with Gasteiger partial charge in [-0.1, -0.05) is 49.2 Å². The van der Waals surface area contributed by atoms with Crippen LogP contribution in [0.5, 0.6) is 0 Å². The molecule has 0 bridgehead atoms. The molecule has 7 rings (SSSR count). The molecule has 1 spiro atoms. The number of rotatable bonds is 6. The van der Waals surface area contributed by atoms with Crippen LogP contribution in [0.15, 0.2) is 54.6 Å². The van der Waals surface area contributed by atoms with Crippen LogP contribution in [0, 0.1) is 17.2 Å². The van der Waals surface area contributed by atoms with E-state index < -0.39 is 37.0 Å². The van der Waals surface area contributed by atoms with Crippen LogP contribution in [0.1, 0.15) is 84.0 Å². The zero-order valence-electron chi connectivity index (χ0n) is 25.6. The van der Waals surface area contributed by atoms with Crippen LogP contribution in [-0.4, -0.2) is 67.5 Å². The highest BCUT2D eigenvalue weighted by atomic mass is 32.1. The summed E-state index contributed by atoms with van der Waals surface area (Å²) in [7, 11) is -4.99. The number of nitrogens with zero attached hydrogens (tertiary/aromatic N) is 3. The lowest BCUT2D eigenvalue weighted by atomic mass is 9.85. The molecule has 3 N–H and O–H groups in total. The molecule has 246 valence electrons. The molecule has 4 heterocycles. The van der Waals surface area contributed by atoms with Gasteiger partial charge in [0, 0.05) is 23.2 Å². The summed E-state index contributed by atoms with van der Waals surface area (Å²) in [6.07, 6.45) is 5.60. The molecule has 2 aromatic carbocycles. The first-order valence-electron chi connectivity index (χ1n) is 16.1. The summed E-state index contributed by atoms with van der Waals surface area (Å²) < 4.78 is 26.4. The smallest absolute Gasteiger partial charge is 0.340 e. The van der Waals surface area contributed by atoms with Crippen molar-refractivity contribution in [3.05, 3.63) is 70.6 Å². The molecule has 4 aliphatic rings. The SMILES string of the molecule is N#C[C@H]1[C@H](c2ccccc2)CN(C(=O)[C@@H]2CC[C@@H]3CCCC[C@H](NC(=O)c4cc5cc([C@@H](F)P(=O)(O)O)ccc5s4)C(=O)N32)C12CC2. The summed E-state index contributed by atoms with van der Waals surface area (Å²) in [5.74, 6) is -3.73. The summed E-state index contributed by atoms with van der Waals surface area (Å²) in [5.41, 5.74) is 0.362. The monoisotopic (exact) mass is 678 g/mol. The van der Waals surface area contributed by atoms with Gasteiger partial charge in [0.25, 0.3) is 5.91 Å². The Morgan fingerprint density at radius 2 is 1.81 bits per heavy atom. The summed E-state index contributed by atoms with van der Waals surface area (Å²) in [6, 6.07) is 16.4. The Morgan fingerprint density at radius 3 is 2.51 bits per heavy atom. The van der Waals surface area contributed by atoms with Crippen LogP contribution in [-0.2, 0) is 14.2 Å². The van der Waals surface area contributed by atoms with Gasteiger partial charge in [-0.15, -0.1) is 11.3 Å². The van der Waals surface area contributed by atoms with Crippen molar-refractivity contribution in [2.75, 3.05) is 6.54 Å². The number of carbonyl (C=O) groups excluding carboxylic acids is 3. The van der Waals surface area contributed by atoms with E-state index in [1.807, 2.05) is 35.2 Å². The molecular weight excluding hydrogens is 642 g/mol. The molecule has 0 radical (unpaired) electrons. The van der Waals surface area contributed by atoms with E-state index >= 15 is 0 Å². The third kappa shape index (κ3) is 5.67. The fourth-order valence-corrected chi connectivity index (χ4v) is 9.58. The summed E-state index contributed by atoms with van der Waals surface area (Å²) in [6.45, 7) is 0.440. The number of alkyl halides is 1. The van der Waals surface area contributed by atoms with Crippen molar-refractivity contribution in [1.29, 1.82) is 5.26 Å². The summed E-state index contributed by atoms with van der Waals surface area (Å²) in [4.78, 5) is 64.5. The lowest BCUT2D eigenvalue weighted by Crippen LogP contribution is -2.57. The van der Waals surface area contributed by atoms with Gasteiger partial charge < -0.3 is 24.9 Å². The lowest BCUT2D eigenvalue weighted by Gasteiger charge is -2.37. The van der Waals surface area contributed by atoms with Crippen LogP contribution in [0.4, 0.5) is 4.39 Å². The number of halogens is 1. The second-order valence-electron chi connectivity index (χ2n) is 13.3. The largest absolute Gasteiger partial charge is 0.363 e. The molecule has 0 unspecified atom stereocenters. The minimum Gasteiger partial charge on any atom is -0.340 e. The molecule has 47 heavy (non-hydrogen) atoms. The normalized spacial score (nSPS) is 27.6. The number of benzene rings is 2. The maximum Gasteiger partial charge on any atom is 0.363 e. The van der Waals surface area contributed by atoms with E-state index in [2.05, 4.69) is 11.4 Å². The Hall–Kier alpha value is -3.62. The van der Waals surface area contributed by atoms with E-state index in [1.54, 1.807) is 4.90 Å². The highest BCUT2D eigenvalue weighted by molar-refractivity contribution is 7.51. The molecule has 13 heteroatoms. The quantitative estimate of drug-likeness (QED) is 0.296. The van der Waals surface area contributed by atoms with Gasteiger partial charge in [-0.2, -0.15) is 5.26 Å². The van der Waals surface area contributed by atoms with Crippen molar-refractivity contribution < 1.29 is 33.1 Å². The Kier molecular flexibility index (Phi) is 8.24. The minimum absolute atomic E-state index is 0.0927. The van der Waals surface area contributed by atoms with Crippen molar-refractivity contribution in [2.24, 2.45) is 5.92 Å². The van der Waals surface area contributed by atoms with Crippen molar-refractivity contribution in [2.45, 2.75) is 86.9 Å². The topological polar surface area (TPSA) is 151 Å². The average Bonchev–Trinajstić information content (AvgIpc) is 3.40. The highest BCUT2D eigenvalue weighted by Crippen LogP contribution is 2.58. The molecule has 3 amide bonds. The number of hydrogen-bond donors (Lipinski definition) is 3. The van der Waals surface area contributed by atoms with Crippen LogP contribution in [0.2, 0.25) is 0 Å². The van der Waals surface area contributed by atoms with E-state index in [-0.39, 0.29) is 40.1 Å². The maximum absolute atomic E-state index is 14.4. The fraction of sp³-hybridized carbons (Fsp3) is 0.471. The van der Waals surface area contributed by atoms with Crippen LogP contribution in [0.25, 0.3) is 10.1 Å². The van der Waals surface area contributed by atoms with Gasteiger partial charge in [-0.05, 0) is 73.2 Å². The van der Waals surface area contributed by atoms with Gasteiger partial charge >= 0.3 is 7.60 Å². The molecule has 3 aromatic rings. The fourth-order valence-electron chi connectivity index (χ4n) is 8.09. The molecule has 1 aliphatic carbocycles. The van der Waals surface area contributed by atoms with Crippen LogP contribution in [0.3, 0.4) is 0 Å². The molecule has 4 fully saturated rings.